The van der Waals surface area contributed by atoms with Gasteiger partial charge < -0.3 is 4.74 Å². The third-order valence-corrected chi connectivity index (χ3v) is 3.29. The maximum atomic E-state index is 11.6. The molecule has 110 valence electrons. The molecule has 1 saturated heterocycles. The molecule has 0 radical (unpaired) electrons. The first-order valence-corrected chi connectivity index (χ1v) is 7.06. The van der Waals surface area contributed by atoms with Gasteiger partial charge in [-0.2, -0.15) is 0 Å². The zero-order valence-corrected chi connectivity index (χ0v) is 12.4. The molecule has 0 unspecified atom stereocenters. The van der Waals surface area contributed by atoms with Gasteiger partial charge in [0.2, 0.25) is 0 Å². The first-order chi connectivity index (χ1) is 10.2. The summed E-state index contributed by atoms with van der Waals surface area (Å²) >= 11 is 0. The van der Waals surface area contributed by atoms with Crippen molar-refractivity contribution < 1.29 is 9.53 Å². The van der Waals surface area contributed by atoms with E-state index in [1.54, 1.807) is 25.1 Å². The molecule has 1 aliphatic heterocycles. The molecule has 0 aliphatic carbocycles. The van der Waals surface area contributed by atoms with Gasteiger partial charge in [-0.25, -0.2) is 4.79 Å². The minimum Gasteiger partial charge on any atom is -0.465 e. The lowest BCUT2D eigenvalue weighted by Gasteiger charge is -2.21. The molecular formula is C16H19N3O2. The molecule has 21 heavy (non-hydrogen) atoms. The summed E-state index contributed by atoms with van der Waals surface area (Å²) in [5, 5.41) is 10.5. The fourth-order valence-electron chi connectivity index (χ4n) is 2.18. The largest absolute Gasteiger partial charge is 0.465 e. The number of piperidine rings is 1. The molecule has 0 atom stereocenters. The topological polar surface area (TPSA) is 54.3 Å². The van der Waals surface area contributed by atoms with Gasteiger partial charge in [0.25, 0.3) is 0 Å². The number of hydrogen-bond acceptors (Lipinski definition) is 4. The molecule has 0 bridgehead atoms. The number of hydrogen-bond donors (Lipinski definition) is 0. The summed E-state index contributed by atoms with van der Waals surface area (Å²) in [5.41, 5.74) is 1.82. The Kier molecular flexibility index (Phi) is 5.33. The lowest BCUT2D eigenvalue weighted by molar-refractivity contribution is 0.0600. The van der Waals surface area contributed by atoms with Crippen LogP contribution in [0, 0.1) is 11.8 Å². The van der Waals surface area contributed by atoms with Crippen LogP contribution < -0.4 is 0 Å². The second-order valence-electron chi connectivity index (χ2n) is 4.80. The molecule has 5 nitrogen and oxygen atoms in total. The monoisotopic (exact) mass is 285 g/mol. The van der Waals surface area contributed by atoms with Crippen molar-refractivity contribution in [2.24, 2.45) is 10.3 Å². The van der Waals surface area contributed by atoms with Crippen LogP contribution in [0.15, 0.2) is 28.5 Å². The van der Waals surface area contributed by atoms with E-state index < -0.39 is 0 Å². The third-order valence-electron chi connectivity index (χ3n) is 3.29. The summed E-state index contributed by atoms with van der Waals surface area (Å²) < 4.78 is 4.72. The Balaban J connectivity index is 2.22. The van der Waals surface area contributed by atoms with E-state index in [4.69, 9.17) is 4.74 Å². The Morgan fingerprint density at radius 2 is 2.05 bits per heavy atom. The predicted octanol–water partition coefficient (Wildman–Crippen LogP) is 3.33. The maximum Gasteiger partial charge on any atom is 0.337 e. The van der Waals surface area contributed by atoms with Gasteiger partial charge in [-0.15, -0.1) is 11.0 Å². The van der Waals surface area contributed by atoms with E-state index in [1.807, 2.05) is 5.01 Å². The summed E-state index contributed by atoms with van der Waals surface area (Å²) in [7, 11) is 1.36. The van der Waals surface area contributed by atoms with Gasteiger partial charge in [-0.1, -0.05) is 11.1 Å². The first-order valence-electron chi connectivity index (χ1n) is 7.06. The number of benzene rings is 1. The zero-order chi connectivity index (χ0) is 15.1. The van der Waals surface area contributed by atoms with Crippen molar-refractivity contribution in [3.8, 4) is 11.8 Å². The summed E-state index contributed by atoms with van der Waals surface area (Å²) in [6, 6.07) is 5.11. The van der Waals surface area contributed by atoms with E-state index in [1.165, 1.54) is 13.5 Å². The second kappa shape index (κ2) is 7.44. The summed E-state index contributed by atoms with van der Waals surface area (Å²) in [4.78, 5) is 11.6. The second-order valence-corrected chi connectivity index (χ2v) is 4.80. The molecule has 1 aromatic carbocycles. The summed E-state index contributed by atoms with van der Waals surface area (Å²) in [6.07, 6.45) is 3.57. The summed E-state index contributed by atoms with van der Waals surface area (Å²) in [6.45, 7) is 3.63. The normalized spacial score (nSPS) is 14.7. The van der Waals surface area contributed by atoms with Crippen LogP contribution in [0.3, 0.4) is 0 Å². The number of nitrogens with zero attached hydrogens (tertiary/aromatic N) is 3. The number of ether oxygens (including phenoxy) is 1. The van der Waals surface area contributed by atoms with Crippen molar-refractivity contribution in [3.63, 3.8) is 0 Å². The maximum absolute atomic E-state index is 11.6. The van der Waals surface area contributed by atoms with Gasteiger partial charge in [0.1, 0.15) is 5.69 Å². The van der Waals surface area contributed by atoms with Gasteiger partial charge in [-0.3, -0.25) is 5.01 Å². The van der Waals surface area contributed by atoms with E-state index >= 15 is 0 Å². The average Bonchev–Trinajstić information content (AvgIpc) is 2.54. The van der Waals surface area contributed by atoms with Crippen LogP contribution in [0.25, 0.3) is 0 Å². The van der Waals surface area contributed by atoms with Crippen LogP contribution in [0.2, 0.25) is 0 Å². The molecule has 0 spiro atoms. The highest BCUT2D eigenvalue weighted by Crippen LogP contribution is 2.22. The highest BCUT2D eigenvalue weighted by atomic mass is 16.5. The van der Waals surface area contributed by atoms with Crippen molar-refractivity contribution in [3.05, 3.63) is 29.3 Å². The molecule has 1 heterocycles. The number of rotatable bonds is 3. The molecule has 0 amide bonds. The summed E-state index contributed by atoms with van der Waals surface area (Å²) in [5.74, 6) is 5.40. The Morgan fingerprint density at radius 3 is 2.71 bits per heavy atom. The predicted molar refractivity (Wildman–Crippen MR) is 80.3 cm³/mol. The van der Waals surface area contributed by atoms with Gasteiger partial charge in [-0.05, 0) is 44.4 Å². The quantitative estimate of drug-likeness (QED) is 0.486. The fraction of sp³-hybridized carbons (Fsp3) is 0.438. The SMILES string of the molecule is CC#Cc1cc(C(=O)OC)ccc1/N=N/N1CCCCC1. The third kappa shape index (κ3) is 4.06. The number of carbonyl (C=O) groups excluding carboxylic acids is 1. The highest BCUT2D eigenvalue weighted by Gasteiger charge is 2.10. The molecule has 0 aromatic heterocycles. The zero-order valence-electron chi connectivity index (χ0n) is 12.4. The van der Waals surface area contributed by atoms with Gasteiger partial charge >= 0.3 is 5.97 Å². The molecule has 1 aromatic rings. The Labute approximate surface area is 125 Å². The van der Waals surface area contributed by atoms with Crippen LogP contribution in [0.4, 0.5) is 5.69 Å². The molecular weight excluding hydrogens is 266 g/mol. The lowest BCUT2D eigenvalue weighted by atomic mass is 10.1. The van der Waals surface area contributed by atoms with E-state index in [2.05, 4.69) is 22.2 Å². The van der Waals surface area contributed by atoms with Gasteiger partial charge in [0.05, 0.1) is 18.2 Å². The van der Waals surface area contributed by atoms with Crippen LogP contribution in [0.5, 0.6) is 0 Å². The molecule has 2 rings (SSSR count). The van der Waals surface area contributed by atoms with Crippen molar-refractivity contribution in [2.45, 2.75) is 26.2 Å². The molecule has 1 aliphatic rings. The fourth-order valence-corrected chi connectivity index (χ4v) is 2.18. The van der Waals surface area contributed by atoms with Crippen LogP contribution in [-0.4, -0.2) is 31.2 Å². The first kappa shape index (κ1) is 15.0. The van der Waals surface area contributed by atoms with E-state index in [9.17, 15) is 4.79 Å². The van der Waals surface area contributed by atoms with Crippen molar-refractivity contribution in [2.75, 3.05) is 20.2 Å². The Hall–Kier alpha value is -2.35. The number of methoxy groups -OCH3 is 1. The van der Waals surface area contributed by atoms with E-state index in [0.717, 1.165) is 25.9 Å². The van der Waals surface area contributed by atoms with Gasteiger partial charge in [0.15, 0.2) is 0 Å². The van der Waals surface area contributed by atoms with Crippen LogP contribution in [-0.2, 0) is 4.74 Å². The highest BCUT2D eigenvalue weighted by molar-refractivity contribution is 5.90. The minimum atomic E-state index is -0.381. The molecule has 0 saturated carbocycles. The van der Waals surface area contributed by atoms with Crippen LogP contribution in [0.1, 0.15) is 42.1 Å². The van der Waals surface area contributed by atoms with Crippen molar-refractivity contribution >= 4 is 11.7 Å². The molecule has 1 fully saturated rings. The van der Waals surface area contributed by atoms with Gasteiger partial charge in [0, 0.05) is 13.1 Å². The Morgan fingerprint density at radius 1 is 1.29 bits per heavy atom. The van der Waals surface area contributed by atoms with Crippen molar-refractivity contribution in [1.82, 2.24) is 5.01 Å². The van der Waals surface area contributed by atoms with E-state index in [-0.39, 0.29) is 5.97 Å². The van der Waals surface area contributed by atoms with E-state index in [0.29, 0.717) is 16.8 Å². The van der Waals surface area contributed by atoms with Crippen molar-refractivity contribution in [1.29, 1.82) is 0 Å². The minimum absolute atomic E-state index is 0.381. The number of esters is 1. The Bertz CT molecular complexity index is 593. The standard InChI is InChI=1S/C16H19N3O2/c1-3-7-13-12-14(16(20)21-2)8-9-15(13)17-18-19-10-5-4-6-11-19/h8-9,12H,4-6,10-11H2,1-2H3/b18-17+. The number of carbonyl (C=O) groups is 1. The molecule has 5 heteroatoms. The molecule has 0 N–H and O–H groups in total. The smallest absolute Gasteiger partial charge is 0.337 e. The average molecular weight is 285 g/mol. The lowest BCUT2D eigenvalue weighted by Crippen LogP contribution is -2.23. The van der Waals surface area contributed by atoms with Crippen LogP contribution >= 0.6 is 0 Å².